The maximum atomic E-state index is 13.3. The standard InChI is InChI=1S/C28H27NO4/c1-4-33-23-12-8-11-22(17-23)29-25(20-15-13-19(14-16-20)18(2)3)24(27(31)28(29)32)26(30)21-9-6-5-7-10-21/h5-18,25,30H,4H2,1-3H3/b26-24+. The van der Waals surface area contributed by atoms with Crippen molar-refractivity contribution in [1.82, 2.24) is 0 Å². The Morgan fingerprint density at radius 2 is 1.67 bits per heavy atom. The molecule has 0 saturated carbocycles. The molecule has 0 radical (unpaired) electrons. The number of carbonyl (C=O) groups excluding carboxylic acids is 2. The summed E-state index contributed by atoms with van der Waals surface area (Å²) < 4.78 is 5.61. The van der Waals surface area contributed by atoms with E-state index >= 15 is 0 Å². The highest BCUT2D eigenvalue weighted by atomic mass is 16.5. The zero-order chi connectivity index (χ0) is 23.5. The van der Waals surface area contributed by atoms with Crippen molar-refractivity contribution < 1.29 is 19.4 Å². The number of Topliss-reactive ketones (excluding diaryl/α,β-unsaturated/α-hetero) is 1. The maximum Gasteiger partial charge on any atom is 0.300 e. The van der Waals surface area contributed by atoms with Crippen LogP contribution < -0.4 is 9.64 Å². The molecule has 1 aliphatic rings. The highest BCUT2D eigenvalue weighted by molar-refractivity contribution is 6.51. The van der Waals surface area contributed by atoms with Crippen molar-refractivity contribution in [1.29, 1.82) is 0 Å². The minimum absolute atomic E-state index is 0.0744. The van der Waals surface area contributed by atoms with E-state index in [4.69, 9.17) is 4.74 Å². The summed E-state index contributed by atoms with van der Waals surface area (Å²) in [5, 5.41) is 11.1. The number of benzene rings is 3. The van der Waals surface area contributed by atoms with E-state index in [2.05, 4.69) is 13.8 Å². The Hall–Kier alpha value is -3.86. The summed E-state index contributed by atoms with van der Waals surface area (Å²) in [4.78, 5) is 28.0. The first-order chi connectivity index (χ1) is 15.9. The Balaban J connectivity index is 1.91. The molecule has 1 saturated heterocycles. The monoisotopic (exact) mass is 441 g/mol. The summed E-state index contributed by atoms with van der Waals surface area (Å²) in [5.74, 6) is -0.628. The molecule has 0 bridgehead atoms. The molecule has 0 aromatic heterocycles. The predicted octanol–water partition coefficient (Wildman–Crippen LogP) is 5.84. The lowest BCUT2D eigenvalue weighted by Crippen LogP contribution is -2.29. The number of carbonyl (C=O) groups is 2. The zero-order valence-corrected chi connectivity index (χ0v) is 19.0. The van der Waals surface area contributed by atoms with E-state index in [1.165, 1.54) is 4.90 Å². The van der Waals surface area contributed by atoms with Gasteiger partial charge in [0.15, 0.2) is 0 Å². The molecule has 0 spiro atoms. The number of rotatable bonds is 6. The van der Waals surface area contributed by atoms with Crippen molar-refractivity contribution in [2.24, 2.45) is 0 Å². The minimum Gasteiger partial charge on any atom is -0.507 e. The summed E-state index contributed by atoms with van der Waals surface area (Å²) in [7, 11) is 0. The van der Waals surface area contributed by atoms with Crippen LogP contribution in [0.4, 0.5) is 5.69 Å². The second-order valence-corrected chi connectivity index (χ2v) is 8.29. The summed E-state index contributed by atoms with van der Waals surface area (Å²) in [6.07, 6.45) is 0. The number of aliphatic hydroxyl groups excluding tert-OH is 1. The number of ether oxygens (including phenoxy) is 1. The van der Waals surface area contributed by atoms with E-state index in [1.807, 2.05) is 37.3 Å². The van der Waals surface area contributed by atoms with Gasteiger partial charge in [-0.3, -0.25) is 14.5 Å². The van der Waals surface area contributed by atoms with Gasteiger partial charge in [-0.1, -0.05) is 74.5 Å². The molecule has 1 amide bonds. The number of nitrogens with zero attached hydrogens (tertiary/aromatic N) is 1. The van der Waals surface area contributed by atoms with Gasteiger partial charge in [0, 0.05) is 17.3 Å². The van der Waals surface area contributed by atoms with E-state index in [0.717, 1.165) is 11.1 Å². The molecule has 1 N–H and O–H groups in total. The van der Waals surface area contributed by atoms with Gasteiger partial charge < -0.3 is 9.84 Å². The average molecular weight is 442 g/mol. The van der Waals surface area contributed by atoms with Gasteiger partial charge in [0.2, 0.25) is 0 Å². The summed E-state index contributed by atoms with van der Waals surface area (Å²) in [6.45, 7) is 6.58. The highest BCUT2D eigenvalue weighted by Crippen LogP contribution is 2.43. The molecule has 1 heterocycles. The maximum absolute atomic E-state index is 13.3. The summed E-state index contributed by atoms with van der Waals surface area (Å²) >= 11 is 0. The molecule has 3 aromatic carbocycles. The third-order valence-corrected chi connectivity index (χ3v) is 5.82. The van der Waals surface area contributed by atoms with Crippen LogP contribution in [0.2, 0.25) is 0 Å². The van der Waals surface area contributed by atoms with Gasteiger partial charge in [0.25, 0.3) is 11.7 Å². The number of ketones is 1. The summed E-state index contributed by atoms with van der Waals surface area (Å²) in [6, 6.07) is 23.0. The molecule has 1 fully saturated rings. The fourth-order valence-electron chi connectivity index (χ4n) is 4.12. The van der Waals surface area contributed by atoms with Gasteiger partial charge in [0.1, 0.15) is 11.5 Å². The number of aliphatic hydroxyl groups is 1. The first-order valence-electron chi connectivity index (χ1n) is 11.1. The molecule has 1 atom stereocenters. The highest BCUT2D eigenvalue weighted by Gasteiger charge is 2.47. The SMILES string of the molecule is CCOc1cccc(N2C(=O)C(=O)/C(=C(/O)c3ccccc3)C2c2ccc(C(C)C)cc2)c1. The van der Waals surface area contributed by atoms with Crippen LogP contribution in [0.5, 0.6) is 5.75 Å². The van der Waals surface area contributed by atoms with Crippen molar-refractivity contribution >= 4 is 23.1 Å². The van der Waals surface area contributed by atoms with Crippen LogP contribution in [0.25, 0.3) is 5.76 Å². The Kier molecular flexibility index (Phi) is 6.31. The molecule has 1 unspecified atom stereocenters. The van der Waals surface area contributed by atoms with E-state index in [-0.39, 0.29) is 11.3 Å². The molecule has 0 aliphatic carbocycles. The molecule has 1 aliphatic heterocycles. The van der Waals surface area contributed by atoms with Crippen molar-refractivity contribution in [2.75, 3.05) is 11.5 Å². The van der Waals surface area contributed by atoms with Crippen LogP contribution >= 0.6 is 0 Å². The Morgan fingerprint density at radius 3 is 2.30 bits per heavy atom. The fourth-order valence-corrected chi connectivity index (χ4v) is 4.12. The number of anilines is 1. The van der Waals surface area contributed by atoms with Crippen LogP contribution in [0.1, 0.15) is 49.4 Å². The van der Waals surface area contributed by atoms with Crippen LogP contribution in [0.3, 0.4) is 0 Å². The normalized spacial score (nSPS) is 17.6. The second kappa shape index (κ2) is 9.33. The Morgan fingerprint density at radius 1 is 0.970 bits per heavy atom. The van der Waals surface area contributed by atoms with Gasteiger partial charge in [-0.25, -0.2) is 0 Å². The van der Waals surface area contributed by atoms with Crippen molar-refractivity contribution in [3.05, 3.63) is 101 Å². The average Bonchev–Trinajstić information content (AvgIpc) is 3.10. The van der Waals surface area contributed by atoms with Crippen LogP contribution in [-0.2, 0) is 9.59 Å². The third-order valence-electron chi connectivity index (χ3n) is 5.82. The van der Waals surface area contributed by atoms with Crippen molar-refractivity contribution in [3.63, 3.8) is 0 Å². The Labute approximate surface area is 193 Å². The molecule has 33 heavy (non-hydrogen) atoms. The number of hydrogen-bond acceptors (Lipinski definition) is 4. The second-order valence-electron chi connectivity index (χ2n) is 8.29. The first kappa shape index (κ1) is 22.3. The number of amides is 1. The topological polar surface area (TPSA) is 66.8 Å². The van der Waals surface area contributed by atoms with Crippen molar-refractivity contribution in [3.8, 4) is 5.75 Å². The quantitative estimate of drug-likeness (QED) is 0.297. The largest absolute Gasteiger partial charge is 0.507 e. The van der Waals surface area contributed by atoms with E-state index in [1.54, 1.807) is 48.5 Å². The van der Waals surface area contributed by atoms with Crippen LogP contribution in [-0.4, -0.2) is 23.4 Å². The van der Waals surface area contributed by atoms with Crippen LogP contribution in [0.15, 0.2) is 84.4 Å². The van der Waals surface area contributed by atoms with Gasteiger partial charge in [-0.15, -0.1) is 0 Å². The van der Waals surface area contributed by atoms with Crippen molar-refractivity contribution in [2.45, 2.75) is 32.7 Å². The molecule has 5 heteroatoms. The lowest BCUT2D eigenvalue weighted by molar-refractivity contribution is -0.132. The molecule has 5 nitrogen and oxygen atoms in total. The lowest BCUT2D eigenvalue weighted by Gasteiger charge is -2.26. The smallest absolute Gasteiger partial charge is 0.300 e. The van der Waals surface area contributed by atoms with Crippen LogP contribution in [0, 0.1) is 0 Å². The third kappa shape index (κ3) is 4.27. The summed E-state index contributed by atoms with van der Waals surface area (Å²) in [5.41, 5.74) is 3.00. The van der Waals surface area contributed by atoms with E-state index in [9.17, 15) is 14.7 Å². The van der Waals surface area contributed by atoms with Gasteiger partial charge in [-0.05, 0) is 36.1 Å². The van der Waals surface area contributed by atoms with Gasteiger partial charge in [-0.2, -0.15) is 0 Å². The van der Waals surface area contributed by atoms with Gasteiger partial charge >= 0.3 is 0 Å². The lowest BCUT2D eigenvalue weighted by atomic mass is 9.93. The Bertz CT molecular complexity index is 1200. The number of hydrogen-bond donors (Lipinski definition) is 1. The minimum atomic E-state index is -0.761. The zero-order valence-electron chi connectivity index (χ0n) is 19.0. The van der Waals surface area contributed by atoms with E-state index in [0.29, 0.717) is 29.5 Å². The fraction of sp³-hybridized carbons (Fsp3) is 0.214. The first-order valence-corrected chi connectivity index (χ1v) is 11.1. The molecule has 3 aromatic rings. The molecular weight excluding hydrogens is 414 g/mol. The van der Waals surface area contributed by atoms with Gasteiger partial charge in [0.05, 0.1) is 18.2 Å². The molecule has 4 rings (SSSR count). The predicted molar refractivity (Wildman–Crippen MR) is 129 cm³/mol. The van der Waals surface area contributed by atoms with E-state index < -0.39 is 17.7 Å². The molecule has 168 valence electrons. The molecular formula is C28H27NO4.